The molecule has 0 unspecified atom stereocenters. The van der Waals surface area contributed by atoms with Crippen LogP contribution in [0, 0.1) is 0 Å². The molecule has 0 saturated carbocycles. The van der Waals surface area contributed by atoms with E-state index in [4.69, 9.17) is 4.29 Å². The van der Waals surface area contributed by atoms with Gasteiger partial charge < -0.3 is 15.3 Å². The van der Waals surface area contributed by atoms with Gasteiger partial charge in [-0.25, -0.2) is 0 Å². The van der Waals surface area contributed by atoms with Gasteiger partial charge in [0, 0.05) is 10.8 Å². The summed E-state index contributed by atoms with van der Waals surface area (Å²) in [6.45, 7) is 6.52. The molecule has 3 nitrogen and oxygen atoms in total. The van der Waals surface area contributed by atoms with Gasteiger partial charge in [0.15, 0.2) is 0 Å². The van der Waals surface area contributed by atoms with Crippen LogP contribution in [-0.4, -0.2) is 19.6 Å². The predicted molar refractivity (Wildman–Crippen MR) is 128 cm³/mol. The molecule has 0 radical (unpaired) electrons. The standard InChI is InChI=1S/C29H28O3/c1-28(2,21-8-14-25(30)15-9-21)20-4-6-22(7-5-20)29(3,23-10-16-26(31)17-11-23)24-12-18-27(32)19-13-24/h4-19,30-32H,1-3H3/i/hD3. The molecule has 0 atom stereocenters. The second kappa shape index (κ2) is 8.08. The minimum absolute atomic E-state index is 0.240. The SMILES string of the molecule is [2H]Oc1ccc(C(C)(C)c2ccc(C(C)(c3ccc(O[2H])cc3)c3ccc(O[2H])cc3)cc2)cc1. The molecule has 4 aromatic carbocycles. The van der Waals surface area contributed by atoms with Crippen LogP contribution in [0.15, 0.2) is 97.1 Å². The number of hydrogen-bond donors (Lipinski definition) is 3. The Morgan fingerprint density at radius 1 is 0.438 bits per heavy atom. The zero-order chi connectivity index (χ0) is 25.1. The molecule has 4 rings (SSSR count). The van der Waals surface area contributed by atoms with Gasteiger partial charge in [0.05, 0.1) is 0 Å². The lowest BCUT2D eigenvalue weighted by atomic mass is 9.70. The molecular formula is C29H28O3. The Morgan fingerprint density at radius 3 is 1.00 bits per heavy atom. The maximum atomic E-state index is 7.17. The van der Waals surface area contributed by atoms with Gasteiger partial charge in [-0.1, -0.05) is 74.5 Å². The first-order valence-electron chi connectivity index (χ1n) is 11.9. The highest BCUT2D eigenvalue weighted by Crippen LogP contribution is 2.41. The molecule has 4 aromatic rings. The number of rotatable bonds is 8. The Morgan fingerprint density at radius 2 is 0.688 bits per heavy atom. The van der Waals surface area contributed by atoms with Crippen LogP contribution in [0.25, 0.3) is 0 Å². The van der Waals surface area contributed by atoms with Crippen LogP contribution in [0.4, 0.5) is 0 Å². The molecule has 0 aromatic heterocycles. The highest BCUT2D eigenvalue weighted by molar-refractivity contribution is 5.52. The summed E-state index contributed by atoms with van der Waals surface area (Å²) >= 11 is 0. The maximum absolute atomic E-state index is 7.17. The van der Waals surface area contributed by atoms with Crippen molar-refractivity contribution in [2.45, 2.75) is 31.6 Å². The summed E-state index contributed by atoms with van der Waals surface area (Å²) in [6, 6.07) is 31.3. The molecule has 0 saturated heterocycles. The van der Waals surface area contributed by atoms with Gasteiger partial charge in [-0.05, 0) is 71.1 Å². The van der Waals surface area contributed by atoms with E-state index in [2.05, 4.69) is 60.4 Å². The van der Waals surface area contributed by atoms with Crippen LogP contribution in [0.2, 0.25) is 0 Å². The molecule has 0 aliphatic heterocycles. The minimum Gasteiger partial charge on any atom is -0.508 e. The van der Waals surface area contributed by atoms with Crippen molar-refractivity contribution in [3.05, 3.63) is 125 Å². The van der Waals surface area contributed by atoms with Gasteiger partial charge in [0.1, 0.15) is 17.2 Å². The Bertz CT molecular complexity index is 1200. The van der Waals surface area contributed by atoms with Crippen LogP contribution in [-0.2, 0) is 10.8 Å². The fourth-order valence-corrected chi connectivity index (χ4v) is 4.34. The van der Waals surface area contributed by atoms with Crippen LogP contribution in [0.1, 0.15) is 48.6 Å². The van der Waals surface area contributed by atoms with Gasteiger partial charge in [-0.2, -0.15) is 0 Å². The van der Waals surface area contributed by atoms with Crippen molar-refractivity contribution in [1.29, 1.82) is 4.29 Å². The van der Waals surface area contributed by atoms with Crippen molar-refractivity contribution >= 4 is 0 Å². The van der Waals surface area contributed by atoms with Crippen LogP contribution in [0.5, 0.6) is 17.2 Å². The van der Waals surface area contributed by atoms with E-state index in [1.165, 1.54) is 5.56 Å². The van der Waals surface area contributed by atoms with Crippen molar-refractivity contribution in [2.75, 3.05) is 0 Å². The smallest absolute Gasteiger partial charge is 0.293 e. The van der Waals surface area contributed by atoms with E-state index in [0.29, 0.717) is 17.2 Å². The molecule has 0 fully saturated rings. The Labute approximate surface area is 193 Å². The largest absolute Gasteiger partial charge is 0.508 e. The molecule has 0 spiro atoms. The number of aromatic hydroxyl groups is 3. The summed E-state index contributed by atoms with van der Waals surface area (Å²) < 4.78 is 21.4. The van der Waals surface area contributed by atoms with Gasteiger partial charge in [0.2, 0.25) is 0 Å². The highest BCUT2D eigenvalue weighted by atomic mass is 16.3. The summed E-state index contributed by atoms with van der Waals surface area (Å²) in [7, 11) is 0. The summed E-state index contributed by atoms with van der Waals surface area (Å²) in [5, 5.41) is 13.8. The quantitative estimate of drug-likeness (QED) is 0.282. The number of benzene rings is 4. The molecule has 0 aliphatic carbocycles. The molecule has 0 amide bonds. The second-order valence-corrected chi connectivity index (χ2v) is 8.90. The van der Waals surface area contributed by atoms with Crippen LogP contribution < -0.4 is 0 Å². The molecule has 0 bridgehead atoms. The molecule has 3 N–H and O–H groups in total. The summed E-state index contributed by atoms with van der Waals surface area (Å²) in [4.78, 5) is 0. The molecule has 32 heavy (non-hydrogen) atoms. The summed E-state index contributed by atoms with van der Waals surface area (Å²) in [5.74, 6) is 1.47. The van der Waals surface area contributed by atoms with Crippen molar-refractivity contribution in [2.24, 2.45) is 0 Å². The Kier molecular flexibility index (Phi) is 4.52. The molecular weight excluding hydrogens is 396 g/mol. The molecule has 0 aliphatic rings. The number of phenols is 3. The maximum Gasteiger partial charge on any atom is 0.293 e. The minimum atomic E-state index is -0.489. The Hall–Kier alpha value is -3.72. The molecule has 0 heterocycles. The van der Waals surface area contributed by atoms with Crippen molar-refractivity contribution in [3.63, 3.8) is 0 Å². The monoisotopic (exact) mass is 427 g/mol. The average molecular weight is 428 g/mol. The highest BCUT2D eigenvalue weighted by Gasteiger charge is 2.32. The molecule has 3 heteroatoms. The average Bonchev–Trinajstić information content (AvgIpc) is 2.92. The first-order chi connectivity index (χ1) is 16.8. The van der Waals surface area contributed by atoms with Crippen molar-refractivity contribution < 1.29 is 15.3 Å². The van der Waals surface area contributed by atoms with Crippen molar-refractivity contribution in [1.82, 2.24) is 0 Å². The van der Waals surface area contributed by atoms with E-state index in [9.17, 15) is 0 Å². The predicted octanol–water partition coefficient (Wildman–Crippen LogP) is 6.48. The van der Waals surface area contributed by atoms with E-state index < -0.39 is 5.41 Å². The van der Waals surface area contributed by atoms with Crippen LogP contribution in [0.3, 0.4) is 0 Å². The normalized spacial score (nSPS) is 12.9. The van der Waals surface area contributed by atoms with E-state index in [1.54, 1.807) is 24.3 Å². The lowest BCUT2D eigenvalue weighted by Gasteiger charge is -2.33. The summed E-state index contributed by atoms with van der Waals surface area (Å²) in [6.07, 6.45) is 0. The molecule has 162 valence electrons. The third kappa shape index (κ3) is 3.82. The zero-order valence-electron chi connectivity index (χ0n) is 21.5. The Balaban J connectivity index is 1.77. The van der Waals surface area contributed by atoms with Crippen LogP contribution >= 0.6 is 0 Å². The summed E-state index contributed by atoms with van der Waals surface area (Å²) in [5.41, 5.74) is 4.78. The first-order valence-corrected chi connectivity index (χ1v) is 10.6. The third-order valence-corrected chi connectivity index (χ3v) is 6.62. The lowest BCUT2D eigenvalue weighted by Crippen LogP contribution is -2.26. The number of phenolic OH excluding ortho intramolecular Hbond substituents is 3. The van der Waals surface area contributed by atoms with Gasteiger partial charge >= 0.3 is 0 Å². The van der Waals surface area contributed by atoms with Crippen molar-refractivity contribution in [3.8, 4) is 17.2 Å². The van der Waals surface area contributed by atoms with E-state index in [-0.39, 0.29) is 5.41 Å². The zero-order valence-corrected chi connectivity index (χ0v) is 18.5. The topological polar surface area (TPSA) is 60.7 Å². The fraction of sp³-hybridized carbons (Fsp3) is 0.172. The van der Waals surface area contributed by atoms with Gasteiger partial charge in [0.25, 0.3) is 4.29 Å². The van der Waals surface area contributed by atoms with E-state index >= 15 is 0 Å². The van der Waals surface area contributed by atoms with Gasteiger partial charge in [-0.3, -0.25) is 0 Å². The van der Waals surface area contributed by atoms with E-state index in [0.717, 1.165) is 22.3 Å². The third-order valence-electron chi connectivity index (χ3n) is 6.62. The number of hydrogen-bond acceptors (Lipinski definition) is 3. The fourth-order valence-electron chi connectivity index (χ4n) is 4.34. The lowest BCUT2D eigenvalue weighted by molar-refractivity contribution is 0.473. The van der Waals surface area contributed by atoms with Gasteiger partial charge in [-0.15, -0.1) is 0 Å². The second-order valence-electron chi connectivity index (χ2n) is 8.90. The van der Waals surface area contributed by atoms with E-state index in [1.807, 2.05) is 48.5 Å². The first kappa shape index (κ1) is 17.9.